The van der Waals surface area contributed by atoms with Crippen LogP contribution < -0.4 is 10.2 Å². The molecule has 64 heavy (non-hydrogen) atoms. The third-order valence-corrected chi connectivity index (χ3v) is 17.8. The molecule has 0 spiro atoms. The van der Waals surface area contributed by atoms with E-state index in [0.29, 0.717) is 37.2 Å². The third kappa shape index (κ3) is 7.21. The van der Waals surface area contributed by atoms with Crippen LogP contribution in [0.3, 0.4) is 0 Å². The summed E-state index contributed by atoms with van der Waals surface area (Å²) in [5.41, 5.74) is -0.454. The molecule has 1 aliphatic heterocycles. The van der Waals surface area contributed by atoms with Gasteiger partial charge in [0, 0.05) is 16.7 Å². The Kier molecular flexibility index (Phi) is 11.2. The lowest BCUT2D eigenvalue weighted by Gasteiger charge is -2.68. The highest BCUT2D eigenvalue weighted by Crippen LogP contribution is 2.74. The zero-order chi connectivity index (χ0) is 46.5. The number of nitrogens with zero attached hydrogens (tertiary/aromatic N) is 1. The number of fused-ring (bicyclic) bond motifs is 7. The molecule has 6 aliphatic rings. The summed E-state index contributed by atoms with van der Waals surface area (Å²) < 4.78 is 29.9. The van der Waals surface area contributed by atoms with Crippen LogP contribution in [0.1, 0.15) is 137 Å². The number of esters is 2. The smallest absolute Gasteiger partial charge is 0.489 e. The minimum atomic E-state index is -0.833. The highest BCUT2D eigenvalue weighted by Gasteiger charge is 2.71. The molecule has 0 N–H and O–H groups in total. The molecular weight excluding hydrogens is 805 g/mol. The molecule has 11 heteroatoms. The number of hydrogen-bond acceptors (Lipinski definition) is 10. The fourth-order valence-electron chi connectivity index (χ4n) is 13.1. The van der Waals surface area contributed by atoms with Gasteiger partial charge in [0.15, 0.2) is 11.6 Å². The summed E-state index contributed by atoms with van der Waals surface area (Å²) in [6.45, 7) is 23.3. The van der Waals surface area contributed by atoms with Crippen LogP contribution in [0, 0.1) is 61.6 Å². The lowest BCUT2D eigenvalue weighted by atomic mass is 9.34. The average Bonchev–Trinajstić information content (AvgIpc) is 3.46. The molecule has 0 bridgehead atoms. The van der Waals surface area contributed by atoms with Crippen molar-refractivity contribution in [2.75, 3.05) is 13.2 Å². The third-order valence-electron chi connectivity index (χ3n) is 17.8. The second kappa shape index (κ2) is 15.5. The van der Waals surface area contributed by atoms with Crippen LogP contribution in [-0.2, 0) is 39.8 Å². The van der Waals surface area contributed by atoms with Crippen LogP contribution in [-0.4, -0.2) is 55.0 Å². The molecule has 1 saturated heterocycles. The Labute approximate surface area is 380 Å². The standard InChI is InChI=1S/C53H66BNO9/c1-46(2)22-24-53(25-23-52(11)42(38(53)30-46)39(56)28-41-50(9)29-35(31-55)43(57)47(3,4)40(50)20-21-51(41,52)10)45(59)61-27-26-60-44(58)34-14-18-37(19-15-34)62-32-33-12-16-36(17-13-33)54-63-48(5,6)49(7,8)64-54/h12-19,28-29,38,40,42H,20-27,30,32H2,1-11H3/t38-,40-,42-,50-,51+,52+,53-/m0/s1. The first-order chi connectivity index (χ1) is 29.8. The predicted molar refractivity (Wildman–Crippen MR) is 243 cm³/mol. The summed E-state index contributed by atoms with van der Waals surface area (Å²) in [6, 6.07) is 16.9. The molecule has 0 unspecified atom stereocenters. The summed E-state index contributed by atoms with van der Waals surface area (Å²) >= 11 is 0. The average molecular weight is 872 g/mol. The molecule has 340 valence electrons. The fourth-order valence-corrected chi connectivity index (χ4v) is 13.1. The number of carbonyl (C=O) groups excluding carboxylic acids is 4. The van der Waals surface area contributed by atoms with Gasteiger partial charge in [-0.15, -0.1) is 0 Å². The topological polar surface area (TPSA) is 138 Å². The summed E-state index contributed by atoms with van der Waals surface area (Å²) in [5, 5.41) is 10.1. The number of ether oxygens (including phenoxy) is 3. The highest BCUT2D eigenvalue weighted by atomic mass is 16.7. The van der Waals surface area contributed by atoms with Gasteiger partial charge in [-0.1, -0.05) is 84.4 Å². The number of rotatable bonds is 9. The molecule has 5 aliphatic carbocycles. The van der Waals surface area contributed by atoms with Crippen LogP contribution in [0.4, 0.5) is 0 Å². The first kappa shape index (κ1) is 46.0. The summed E-state index contributed by atoms with van der Waals surface area (Å²) in [5.74, 6) is -0.981. The maximum absolute atomic E-state index is 14.9. The van der Waals surface area contributed by atoms with E-state index < -0.39 is 51.9 Å². The number of nitriles is 1. The van der Waals surface area contributed by atoms with Crippen LogP contribution >= 0.6 is 0 Å². The molecule has 1 heterocycles. The number of Topliss-reactive ketones (excluding diaryl/α,β-unsaturated/α-hetero) is 1. The Morgan fingerprint density at radius 3 is 2.06 bits per heavy atom. The van der Waals surface area contributed by atoms with E-state index in [1.165, 1.54) is 0 Å². The lowest BCUT2D eigenvalue weighted by molar-refractivity contribution is -0.193. The minimum Gasteiger partial charge on any atom is -0.489 e. The van der Waals surface area contributed by atoms with Crippen molar-refractivity contribution in [2.45, 2.75) is 139 Å². The van der Waals surface area contributed by atoms with Crippen LogP contribution in [0.5, 0.6) is 5.75 Å². The first-order valence-electron chi connectivity index (χ1n) is 23.3. The van der Waals surface area contributed by atoms with E-state index in [1.54, 1.807) is 24.3 Å². The Bertz CT molecular complexity index is 2340. The summed E-state index contributed by atoms with van der Waals surface area (Å²) in [6.07, 6.45) is 8.79. The maximum Gasteiger partial charge on any atom is 0.494 e. The van der Waals surface area contributed by atoms with Crippen molar-refractivity contribution in [1.29, 1.82) is 5.26 Å². The molecule has 4 fully saturated rings. The monoisotopic (exact) mass is 871 g/mol. The fraction of sp³-hybridized carbons (Fsp3) is 0.604. The SMILES string of the molecule is CC1(C)CC[C@]2(C(=O)OCCOC(=O)c3ccc(OCc4ccc(B5OC(C)(C)C(C)(C)O5)cc4)cc3)CC[C@]3(C)[C@H](C(=O)C=C4[C@@]5(C)C=C(C#N)C(=O)C(C)(C)[C@@H]5CC[C@]43C)[C@@H]2C1. The zero-order valence-corrected chi connectivity index (χ0v) is 39.8. The van der Waals surface area contributed by atoms with Crippen molar-refractivity contribution in [3.8, 4) is 11.8 Å². The first-order valence-corrected chi connectivity index (χ1v) is 23.3. The van der Waals surface area contributed by atoms with Crippen molar-refractivity contribution >= 4 is 36.1 Å². The van der Waals surface area contributed by atoms with E-state index >= 15 is 0 Å². The van der Waals surface area contributed by atoms with E-state index in [9.17, 15) is 24.4 Å². The van der Waals surface area contributed by atoms with E-state index in [1.807, 2.05) is 78.0 Å². The van der Waals surface area contributed by atoms with Gasteiger partial charge in [0.05, 0.1) is 27.8 Å². The van der Waals surface area contributed by atoms with Crippen molar-refractivity contribution < 1.29 is 42.7 Å². The van der Waals surface area contributed by atoms with Gasteiger partial charge >= 0.3 is 19.1 Å². The Balaban J connectivity index is 0.900. The second-order valence-corrected chi connectivity index (χ2v) is 22.8. The Morgan fingerprint density at radius 2 is 1.42 bits per heavy atom. The highest BCUT2D eigenvalue weighted by molar-refractivity contribution is 6.62. The van der Waals surface area contributed by atoms with Gasteiger partial charge in [0.2, 0.25) is 0 Å². The Hall–Kier alpha value is -4.53. The van der Waals surface area contributed by atoms with Crippen LogP contribution in [0.25, 0.3) is 0 Å². The van der Waals surface area contributed by atoms with Crippen molar-refractivity contribution in [2.24, 2.45) is 50.2 Å². The van der Waals surface area contributed by atoms with Crippen LogP contribution in [0.2, 0.25) is 0 Å². The summed E-state index contributed by atoms with van der Waals surface area (Å²) in [7, 11) is -0.432. The molecule has 0 amide bonds. The van der Waals surface area contributed by atoms with Gasteiger partial charge in [0.25, 0.3) is 0 Å². The number of allylic oxidation sites excluding steroid dienone is 4. The minimum absolute atomic E-state index is 0.0381. The predicted octanol–water partition coefficient (Wildman–Crippen LogP) is 9.48. The quantitative estimate of drug-likeness (QED) is 0.136. The van der Waals surface area contributed by atoms with Crippen molar-refractivity contribution in [3.05, 3.63) is 83.0 Å². The van der Waals surface area contributed by atoms with Gasteiger partial charge in [-0.05, 0) is 142 Å². The molecule has 0 aromatic heterocycles. The molecule has 2 aromatic rings. The molecule has 3 saturated carbocycles. The maximum atomic E-state index is 14.9. The number of benzene rings is 2. The molecule has 8 rings (SSSR count). The molecule has 10 nitrogen and oxygen atoms in total. The zero-order valence-electron chi connectivity index (χ0n) is 39.8. The number of hydrogen-bond donors (Lipinski definition) is 0. The van der Waals surface area contributed by atoms with Gasteiger partial charge in [-0.3, -0.25) is 14.4 Å². The molecule has 0 radical (unpaired) electrons. The summed E-state index contributed by atoms with van der Waals surface area (Å²) in [4.78, 5) is 55.9. The number of carbonyl (C=O) groups is 4. The van der Waals surface area contributed by atoms with E-state index in [-0.39, 0.29) is 59.0 Å². The molecule has 2 aromatic carbocycles. The number of ketones is 2. The Morgan fingerprint density at radius 1 is 0.797 bits per heavy atom. The molecule has 7 atom stereocenters. The van der Waals surface area contributed by atoms with Crippen LogP contribution in [0.15, 0.2) is 71.8 Å². The van der Waals surface area contributed by atoms with E-state index in [0.717, 1.165) is 42.3 Å². The largest absolute Gasteiger partial charge is 0.494 e. The molecular formula is C53H66BNO9. The van der Waals surface area contributed by atoms with E-state index in [4.69, 9.17) is 23.5 Å². The van der Waals surface area contributed by atoms with Crippen molar-refractivity contribution in [3.63, 3.8) is 0 Å². The second-order valence-electron chi connectivity index (χ2n) is 22.8. The van der Waals surface area contributed by atoms with Gasteiger partial charge in [-0.2, -0.15) is 5.26 Å². The van der Waals surface area contributed by atoms with E-state index in [2.05, 4.69) is 40.7 Å². The van der Waals surface area contributed by atoms with Gasteiger partial charge < -0.3 is 23.5 Å². The van der Waals surface area contributed by atoms with Gasteiger partial charge in [-0.25, -0.2) is 4.79 Å². The van der Waals surface area contributed by atoms with Gasteiger partial charge in [0.1, 0.15) is 31.6 Å². The lowest BCUT2D eigenvalue weighted by Crippen LogP contribution is -2.66. The van der Waals surface area contributed by atoms with Crippen molar-refractivity contribution in [1.82, 2.24) is 0 Å². The normalized spacial score (nSPS) is 34.1.